The van der Waals surface area contributed by atoms with Gasteiger partial charge in [0.1, 0.15) is 11.3 Å². The van der Waals surface area contributed by atoms with E-state index >= 15 is 0 Å². The van der Waals surface area contributed by atoms with Gasteiger partial charge in [-0.25, -0.2) is 4.79 Å². The number of hydrogen-bond acceptors (Lipinski definition) is 4. The van der Waals surface area contributed by atoms with E-state index in [1.165, 1.54) is 0 Å². The molecule has 0 heterocycles. The maximum Gasteiger partial charge on any atom is 0.341 e. The highest BCUT2D eigenvalue weighted by atomic mass is 35.5. The highest BCUT2D eigenvalue weighted by molar-refractivity contribution is 6.30. The van der Waals surface area contributed by atoms with Gasteiger partial charge >= 0.3 is 5.97 Å². The van der Waals surface area contributed by atoms with E-state index in [1.54, 1.807) is 55.5 Å². The van der Waals surface area contributed by atoms with Gasteiger partial charge in [-0.2, -0.15) is 0 Å². The molecule has 0 atom stereocenters. The molecule has 120 valence electrons. The molecule has 0 radical (unpaired) electrons. The lowest BCUT2D eigenvalue weighted by molar-refractivity contribution is -0.118. The van der Waals surface area contributed by atoms with Crippen molar-refractivity contribution < 1.29 is 19.1 Å². The fourth-order valence-electron chi connectivity index (χ4n) is 1.84. The van der Waals surface area contributed by atoms with Gasteiger partial charge in [0.05, 0.1) is 6.61 Å². The first kappa shape index (κ1) is 16.8. The number of rotatable bonds is 6. The molecule has 23 heavy (non-hydrogen) atoms. The monoisotopic (exact) mass is 333 g/mol. The molecule has 5 nitrogen and oxygen atoms in total. The summed E-state index contributed by atoms with van der Waals surface area (Å²) in [6, 6.07) is 13.3. The largest absolute Gasteiger partial charge is 0.483 e. The number of anilines is 1. The number of hydrogen-bond donors (Lipinski definition) is 1. The normalized spacial score (nSPS) is 10.0. The van der Waals surface area contributed by atoms with E-state index in [2.05, 4.69) is 5.32 Å². The zero-order valence-electron chi connectivity index (χ0n) is 12.5. The topological polar surface area (TPSA) is 64.6 Å². The maximum atomic E-state index is 11.9. The Kier molecular flexibility index (Phi) is 6.00. The Morgan fingerprint density at radius 1 is 1.09 bits per heavy atom. The fourth-order valence-corrected chi connectivity index (χ4v) is 1.97. The molecule has 2 aromatic rings. The zero-order chi connectivity index (χ0) is 16.7. The Bertz CT molecular complexity index is 685. The highest BCUT2D eigenvalue weighted by Crippen LogP contribution is 2.19. The first-order chi connectivity index (χ1) is 11.1. The third kappa shape index (κ3) is 5.00. The van der Waals surface area contributed by atoms with Crippen molar-refractivity contribution in [2.45, 2.75) is 6.92 Å². The van der Waals surface area contributed by atoms with Crippen LogP contribution < -0.4 is 10.1 Å². The Hall–Kier alpha value is -2.53. The second-order valence-corrected chi connectivity index (χ2v) is 5.00. The molecule has 0 aromatic heterocycles. The number of para-hydroxylation sites is 1. The lowest BCUT2D eigenvalue weighted by Gasteiger charge is -2.11. The van der Waals surface area contributed by atoms with Crippen LogP contribution in [0.15, 0.2) is 48.5 Å². The van der Waals surface area contributed by atoms with Crippen molar-refractivity contribution in [3.8, 4) is 5.75 Å². The Morgan fingerprint density at radius 2 is 1.78 bits per heavy atom. The summed E-state index contributed by atoms with van der Waals surface area (Å²) in [6.45, 7) is 1.77. The number of nitrogens with one attached hydrogen (secondary N) is 1. The molecule has 6 heteroatoms. The summed E-state index contributed by atoms with van der Waals surface area (Å²) in [5.74, 6) is -0.524. The Labute approximate surface area is 139 Å². The van der Waals surface area contributed by atoms with Gasteiger partial charge in [-0.05, 0) is 43.3 Å². The summed E-state index contributed by atoms with van der Waals surface area (Å²) < 4.78 is 10.4. The van der Waals surface area contributed by atoms with Gasteiger partial charge in [-0.3, -0.25) is 4.79 Å². The molecule has 2 aromatic carbocycles. The number of carbonyl (C=O) groups excluding carboxylic acids is 2. The zero-order valence-corrected chi connectivity index (χ0v) is 13.3. The molecule has 0 fully saturated rings. The molecule has 1 N–H and O–H groups in total. The molecule has 0 spiro atoms. The van der Waals surface area contributed by atoms with Crippen molar-refractivity contribution in [3.63, 3.8) is 0 Å². The molecular formula is C17H16ClNO4. The first-order valence-corrected chi connectivity index (χ1v) is 7.42. The van der Waals surface area contributed by atoms with Gasteiger partial charge < -0.3 is 14.8 Å². The predicted molar refractivity (Wildman–Crippen MR) is 88.0 cm³/mol. The second kappa shape index (κ2) is 8.19. The van der Waals surface area contributed by atoms with E-state index in [0.717, 1.165) is 0 Å². The summed E-state index contributed by atoms with van der Waals surface area (Å²) in [5, 5.41) is 3.26. The van der Waals surface area contributed by atoms with Crippen LogP contribution in [0.4, 0.5) is 5.69 Å². The number of amides is 1. The summed E-state index contributed by atoms with van der Waals surface area (Å²) in [7, 11) is 0. The molecule has 0 aliphatic rings. The van der Waals surface area contributed by atoms with Crippen molar-refractivity contribution in [1.29, 1.82) is 0 Å². The van der Waals surface area contributed by atoms with Crippen LogP contribution in [0.25, 0.3) is 0 Å². The molecule has 0 saturated carbocycles. The molecule has 0 saturated heterocycles. The summed E-state index contributed by atoms with van der Waals surface area (Å²) in [5.41, 5.74) is 0.898. The van der Waals surface area contributed by atoms with Crippen LogP contribution in [0, 0.1) is 0 Å². The Morgan fingerprint density at radius 3 is 2.48 bits per heavy atom. The number of carbonyl (C=O) groups is 2. The number of esters is 1. The van der Waals surface area contributed by atoms with Crippen molar-refractivity contribution in [1.82, 2.24) is 0 Å². The lowest BCUT2D eigenvalue weighted by atomic mass is 10.2. The van der Waals surface area contributed by atoms with Crippen LogP contribution in [-0.4, -0.2) is 25.1 Å². The minimum atomic E-state index is -0.485. The van der Waals surface area contributed by atoms with Gasteiger partial charge in [0.25, 0.3) is 5.91 Å². The number of ether oxygens (including phenoxy) is 2. The van der Waals surface area contributed by atoms with Crippen LogP contribution in [0.1, 0.15) is 17.3 Å². The van der Waals surface area contributed by atoms with Gasteiger partial charge in [-0.1, -0.05) is 23.7 Å². The molecule has 0 bridgehead atoms. The smallest absolute Gasteiger partial charge is 0.341 e. The van der Waals surface area contributed by atoms with E-state index in [4.69, 9.17) is 21.1 Å². The van der Waals surface area contributed by atoms with Crippen molar-refractivity contribution in [3.05, 3.63) is 59.1 Å². The average Bonchev–Trinajstić information content (AvgIpc) is 2.55. The highest BCUT2D eigenvalue weighted by Gasteiger charge is 2.14. The summed E-state index contributed by atoms with van der Waals surface area (Å²) in [6.07, 6.45) is 0. The van der Waals surface area contributed by atoms with E-state index < -0.39 is 5.97 Å². The van der Waals surface area contributed by atoms with Crippen LogP contribution >= 0.6 is 11.6 Å². The number of benzene rings is 2. The van der Waals surface area contributed by atoms with Crippen LogP contribution in [0.3, 0.4) is 0 Å². The molecule has 2 rings (SSSR count). The third-order valence-corrected chi connectivity index (χ3v) is 3.12. The van der Waals surface area contributed by atoms with Gasteiger partial charge in [0, 0.05) is 10.7 Å². The first-order valence-electron chi connectivity index (χ1n) is 7.04. The lowest BCUT2D eigenvalue weighted by Crippen LogP contribution is -2.21. The van der Waals surface area contributed by atoms with Crippen LogP contribution in [-0.2, 0) is 9.53 Å². The second-order valence-electron chi connectivity index (χ2n) is 4.56. The number of halogens is 1. The average molecular weight is 334 g/mol. The quantitative estimate of drug-likeness (QED) is 0.821. The fraction of sp³-hybridized carbons (Fsp3) is 0.176. The van der Waals surface area contributed by atoms with Gasteiger partial charge in [0.15, 0.2) is 6.61 Å². The third-order valence-electron chi connectivity index (χ3n) is 2.87. The van der Waals surface area contributed by atoms with E-state index in [1.807, 2.05) is 0 Å². The van der Waals surface area contributed by atoms with Gasteiger partial charge in [0.2, 0.25) is 0 Å². The van der Waals surface area contributed by atoms with E-state index in [9.17, 15) is 9.59 Å². The SMILES string of the molecule is CCOC(=O)c1ccccc1OCC(=O)Nc1ccc(Cl)cc1. The van der Waals surface area contributed by atoms with Gasteiger partial charge in [-0.15, -0.1) is 0 Å². The maximum absolute atomic E-state index is 11.9. The molecular weight excluding hydrogens is 318 g/mol. The molecule has 1 amide bonds. The molecule has 0 unspecified atom stereocenters. The Balaban J connectivity index is 1.96. The predicted octanol–water partition coefficient (Wildman–Crippen LogP) is 3.53. The van der Waals surface area contributed by atoms with Crippen LogP contribution in [0.5, 0.6) is 5.75 Å². The summed E-state index contributed by atoms with van der Waals surface area (Å²) in [4.78, 5) is 23.7. The minimum absolute atomic E-state index is 0.223. The van der Waals surface area contributed by atoms with E-state index in [-0.39, 0.29) is 24.7 Å². The minimum Gasteiger partial charge on any atom is -0.483 e. The standard InChI is InChI=1S/C17H16ClNO4/c1-2-22-17(21)14-5-3-4-6-15(14)23-11-16(20)19-13-9-7-12(18)8-10-13/h3-10H,2,11H2,1H3,(H,19,20). The van der Waals surface area contributed by atoms with Crippen LogP contribution in [0.2, 0.25) is 5.02 Å². The summed E-state index contributed by atoms with van der Waals surface area (Å²) >= 11 is 5.78. The van der Waals surface area contributed by atoms with Crippen molar-refractivity contribution in [2.24, 2.45) is 0 Å². The van der Waals surface area contributed by atoms with Crippen molar-refractivity contribution >= 4 is 29.2 Å². The molecule has 0 aliphatic heterocycles. The van der Waals surface area contributed by atoms with E-state index in [0.29, 0.717) is 16.5 Å². The molecule has 0 aliphatic carbocycles. The van der Waals surface area contributed by atoms with Crippen molar-refractivity contribution in [2.75, 3.05) is 18.5 Å².